The number of benzene rings is 2. The number of fused-ring (bicyclic) bond motifs is 1. The Morgan fingerprint density at radius 2 is 1.96 bits per heavy atom. The molecule has 0 unspecified atom stereocenters. The van der Waals surface area contributed by atoms with Crippen LogP contribution in [0.2, 0.25) is 10.0 Å². The first-order valence-corrected chi connectivity index (χ1v) is 9.53. The molecule has 8 heteroatoms. The molecule has 3 rings (SSSR count). The minimum absolute atomic E-state index is 0.0804. The third kappa shape index (κ3) is 4.18. The van der Waals surface area contributed by atoms with Crippen LogP contribution in [0.1, 0.15) is 27.7 Å². The fourth-order valence-corrected chi connectivity index (χ4v) is 3.38. The summed E-state index contributed by atoms with van der Waals surface area (Å²) in [4.78, 5) is 16.6. The van der Waals surface area contributed by atoms with E-state index in [1.165, 1.54) is 6.07 Å². The van der Waals surface area contributed by atoms with Crippen molar-refractivity contribution in [2.45, 2.75) is 39.8 Å². The molecule has 6 nitrogen and oxygen atoms in total. The lowest BCUT2D eigenvalue weighted by Crippen LogP contribution is -2.27. The number of imidazole rings is 1. The van der Waals surface area contributed by atoms with Gasteiger partial charge in [-0.05, 0) is 58.0 Å². The minimum Gasteiger partial charge on any atom is -0.506 e. The lowest BCUT2D eigenvalue weighted by Gasteiger charge is -2.19. The topological polar surface area (TPSA) is 76.4 Å². The Bertz CT molecular complexity index is 1060. The van der Waals surface area contributed by atoms with E-state index in [0.29, 0.717) is 34.2 Å². The third-order valence-electron chi connectivity index (χ3n) is 3.98. The summed E-state index contributed by atoms with van der Waals surface area (Å²) in [5.41, 5.74) is 1.91. The van der Waals surface area contributed by atoms with Crippen molar-refractivity contribution in [1.29, 1.82) is 0 Å². The van der Waals surface area contributed by atoms with E-state index in [1.807, 2.05) is 17.6 Å². The second-order valence-corrected chi connectivity index (χ2v) is 8.14. The summed E-state index contributed by atoms with van der Waals surface area (Å²) in [7, 11) is 0. The number of nitrogens with one attached hydrogen (secondary N) is 1. The summed E-state index contributed by atoms with van der Waals surface area (Å²) in [6.45, 7) is 7.99. The smallest absolute Gasteiger partial charge is 0.412 e. The van der Waals surface area contributed by atoms with Crippen molar-refractivity contribution < 1.29 is 14.6 Å². The van der Waals surface area contributed by atoms with E-state index in [1.54, 1.807) is 39.0 Å². The number of phenolic OH excluding ortho intramolecular Hbond substituents is 1. The van der Waals surface area contributed by atoms with Gasteiger partial charge in [-0.2, -0.15) is 0 Å². The number of anilines is 1. The summed E-state index contributed by atoms with van der Waals surface area (Å²) in [5.74, 6) is 0.456. The van der Waals surface area contributed by atoms with E-state index in [9.17, 15) is 9.90 Å². The van der Waals surface area contributed by atoms with Gasteiger partial charge in [0.25, 0.3) is 0 Å². The van der Waals surface area contributed by atoms with Crippen LogP contribution in [0, 0.1) is 0 Å². The number of carbonyl (C=O) groups is 1. The number of hydrogen-bond donors (Lipinski definition) is 2. The average Bonchev–Trinajstić information content (AvgIpc) is 2.93. The molecule has 0 bridgehead atoms. The van der Waals surface area contributed by atoms with Crippen LogP contribution >= 0.6 is 23.2 Å². The van der Waals surface area contributed by atoms with Crippen molar-refractivity contribution in [2.75, 3.05) is 5.32 Å². The van der Waals surface area contributed by atoms with Crippen molar-refractivity contribution in [1.82, 2.24) is 9.55 Å². The van der Waals surface area contributed by atoms with Crippen molar-refractivity contribution in [3.05, 3.63) is 40.4 Å². The SMILES string of the molecule is CCn1c(-c2cc(Cl)cc(Cl)c2O)nc2cc(NC(=O)OC(C)(C)C)ccc21. The Hall–Kier alpha value is -2.44. The molecule has 0 fully saturated rings. The molecule has 28 heavy (non-hydrogen) atoms. The van der Waals surface area contributed by atoms with Gasteiger partial charge in [-0.1, -0.05) is 23.2 Å². The molecule has 0 saturated carbocycles. The van der Waals surface area contributed by atoms with Crippen LogP contribution in [0.4, 0.5) is 10.5 Å². The molecule has 1 amide bonds. The Morgan fingerprint density at radius 3 is 2.61 bits per heavy atom. The van der Waals surface area contributed by atoms with Crippen LogP contribution in [-0.2, 0) is 11.3 Å². The molecule has 0 atom stereocenters. The first-order valence-electron chi connectivity index (χ1n) is 8.77. The first kappa shape index (κ1) is 20.3. The van der Waals surface area contributed by atoms with Gasteiger partial charge >= 0.3 is 6.09 Å². The van der Waals surface area contributed by atoms with Crippen molar-refractivity contribution >= 4 is 46.0 Å². The highest BCUT2D eigenvalue weighted by molar-refractivity contribution is 6.36. The molecular formula is C20H21Cl2N3O3. The van der Waals surface area contributed by atoms with Gasteiger partial charge in [-0.15, -0.1) is 0 Å². The maximum Gasteiger partial charge on any atom is 0.412 e. The fourth-order valence-electron chi connectivity index (χ4n) is 2.89. The maximum atomic E-state index is 12.0. The van der Waals surface area contributed by atoms with Crippen molar-refractivity contribution in [2.24, 2.45) is 0 Å². The molecule has 0 saturated heterocycles. The Balaban J connectivity index is 2.04. The van der Waals surface area contributed by atoms with E-state index in [2.05, 4.69) is 10.3 Å². The van der Waals surface area contributed by atoms with Crippen LogP contribution in [0.15, 0.2) is 30.3 Å². The summed E-state index contributed by atoms with van der Waals surface area (Å²) in [5, 5.41) is 13.6. The minimum atomic E-state index is -0.589. The Kier molecular flexibility index (Phi) is 5.46. The molecule has 1 heterocycles. The lowest BCUT2D eigenvalue weighted by atomic mass is 10.2. The van der Waals surface area contributed by atoms with Gasteiger partial charge in [0.1, 0.15) is 17.2 Å². The number of rotatable bonds is 3. The number of carbonyl (C=O) groups excluding carboxylic acids is 1. The normalized spacial score (nSPS) is 11.6. The quantitative estimate of drug-likeness (QED) is 0.536. The van der Waals surface area contributed by atoms with Gasteiger partial charge in [0, 0.05) is 17.3 Å². The van der Waals surface area contributed by atoms with E-state index in [0.717, 1.165) is 5.52 Å². The van der Waals surface area contributed by atoms with Gasteiger partial charge in [0.05, 0.1) is 21.6 Å². The van der Waals surface area contributed by atoms with E-state index < -0.39 is 11.7 Å². The van der Waals surface area contributed by atoms with Gasteiger partial charge in [0.2, 0.25) is 0 Å². The summed E-state index contributed by atoms with van der Waals surface area (Å²) in [6, 6.07) is 8.47. The summed E-state index contributed by atoms with van der Waals surface area (Å²) < 4.78 is 7.22. The second-order valence-electron chi connectivity index (χ2n) is 7.29. The van der Waals surface area contributed by atoms with E-state index >= 15 is 0 Å². The Morgan fingerprint density at radius 1 is 1.25 bits per heavy atom. The zero-order chi connectivity index (χ0) is 20.6. The molecule has 0 aliphatic rings. The molecule has 2 N–H and O–H groups in total. The van der Waals surface area contributed by atoms with Crippen LogP contribution < -0.4 is 5.32 Å². The number of aryl methyl sites for hydroxylation is 1. The molecule has 0 radical (unpaired) electrons. The highest BCUT2D eigenvalue weighted by Crippen LogP contribution is 2.39. The molecule has 2 aromatic carbocycles. The Labute approximate surface area is 173 Å². The van der Waals surface area contributed by atoms with Crippen LogP contribution in [-0.4, -0.2) is 26.4 Å². The van der Waals surface area contributed by atoms with E-state index in [-0.39, 0.29) is 10.8 Å². The highest BCUT2D eigenvalue weighted by Gasteiger charge is 2.19. The van der Waals surface area contributed by atoms with E-state index in [4.69, 9.17) is 27.9 Å². The number of ether oxygens (including phenoxy) is 1. The number of halogens is 2. The monoisotopic (exact) mass is 421 g/mol. The lowest BCUT2D eigenvalue weighted by molar-refractivity contribution is 0.0636. The van der Waals surface area contributed by atoms with Crippen LogP contribution in [0.5, 0.6) is 5.75 Å². The number of aromatic nitrogens is 2. The van der Waals surface area contributed by atoms with Crippen molar-refractivity contribution in [3.8, 4) is 17.1 Å². The third-order valence-corrected chi connectivity index (χ3v) is 4.49. The predicted octanol–water partition coefficient (Wildman–Crippen LogP) is 6.08. The number of aromatic hydroxyl groups is 1. The molecular weight excluding hydrogens is 401 g/mol. The molecule has 3 aromatic rings. The largest absolute Gasteiger partial charge is 0.506 e. The second kappa shape index (κ2) is 7.53. The summed E-state index contributed by atoms with van der Waals surface area (Å²) in [6.07, 6.45) is -0.540. The van der Waals surface area contributed by atoms with Gasteiger partial charge in [-0.3, -0.25) is 5.32 Å². The zero-order valence-electron chi connectivity index (χ0n) is 16.0. The molecule has 0 aliphatic carbocycles. The predicted molar refractivity (Wildman–Crippen MR) is 112 cm³/mol. The fraction of sp³-hybridized carbons (Fsp3) is 0.300. The molecule has 0 spiro atoms. The maximum absolute atomic E-state index is 12.0. The number of nitrogens with zero attached hydrogens (tertiary/aromatic N) is 2. The molecule has 0 aliphatic heterocycles. The zero-order valence-corrected chi connectivity index (χ0v) is 17.5. The summed E-state index contributed by atoms with van der Waals surface area (Å²) >= 11 is 12.2. The highest BCUT2D eigenvalue weighted by atomic mass is 35.5. The van der Waals surface area contributed by atoms with Gasteiger partial charge in [-0.25, -0.2) is 9.78 Å². The number of amides is 1. The number of phenols is 1. The van der Waals surface area contributed by atoms with Gasteiger partial charge < -0.3 is 14.4 Å². The first-order chi connectivity index (χ1) is 13.1. The number of hydrogen-bond acceptors (Lipinski definition) is 4. The average molecular weight is 422 g/mol. The van der Waals surface area contributed by atoms with Gasteiger partial charge in [0.15, 0.2) is 0 Å². The molecule has 1 aromatic heterocycles. The molecule has 148 valence electrons. The van der Waals surface area contributed by atoms with Crippen LogP contribution in [0.25, 0.3) is 22.4 Å². The van der Waals surface area contributed by atoms with Crippen molar-refractivity contribution in [3.63, 3.8) is 0 Å². The standard InChI is InChI=1S/C20H21Cl2N3O3/c1-5-25-16-7-6-12(23-19(27)28-20(2,3)4)10-15(16)24-18(25)13-8-11(21)9-14(22)17(13)26/h6-10,26H,5H2,1-4H3,(H,23,27). The van der Waals surface area contributed by atoms with Crippen LogP contribution in [0.3, 0.4) is 0 Å².